The highest BCUT2D eigenvalue weighted by Crippen LogP contribution is 2.82. The van der Waals surface area contributed by atoms with Crippen LogP contribution in [0.4, 0.5) is 0 Å². The van der Waals surface area contributed by atoms with Crippen LogP contribution >= 0.6 is 127 Å². The summed E-state index contributed by atoms with van der Waals surface area (Å²) in [4.78, 5) is 0. The van der Waals surface area contributed by atoms with Gasteiger partial charge < -0.3 is 0 Å². The molecular formula is C44H38Br8. The molecule has 12 rings (SSSR count). The molecule has 8 aliphatic carbocycles. The summed E-state index contributed by atoms with van der Waals surface area (Å²) < 4.78 is 9.51. The van der Waals surface area contributed by atoms with Crippen LogP contribution in [0.25, 0.3) is 0 Å². The molecule has 8 aliphatic rings. The van der Waals surface area contributed by atoms with E-state index in [9.17, 15) is 0 Å². The average molecular weight is 1210 g/mol. The summed E-state index contributed by atoms with van der Waals surface area (Å²) in [7, 11) is 0. The quantitative estimate of drug-likeness (QED) is 0.187. The van der Waals surface area contributed by atoms with Crippen LogP contribution < -0.4 is 0 Å². The topological polar surface area (TPSA) is 0 Å². The summed E-state index contributed by atoms with van der Waals surface area (Å²) in [6.45, 7) is 0. The van der Waals surface area contributed by atoms with Crippen molar-refractivity contribution in [3.63, 3.8) is 0 Å². The smallest absolute Gasteiger partial charge is 0.0189 e. The molecule has 4 unspecified atom stereocenters. The molecule has 8 saturated carbocycles. The van der Waals surface area contributed by atoms with Crippen molar-refractivity contribution in [3.8, 4) is 0 Å². The summed E-state index contributed by atoms with van der Waals surface area (Å²) in [5, 5.41) is 0. The Morgan fingerprint density at radius 3 is 0.712 bits per heavy atom. The van der Waals surface area contributed by atoms with Gasteiger partial charge in [0.1, 0.15) is 0 Å². The van der Waals surface area contributed by atoms with Gasteiger partial charge in [-0.1, -0.05) is 127 Å². The molecule has 0 nitrogen and oxygen atoms in total. The molecule has 0 spiro atoms. The zero-order valence-electron chi connectivity index (χ0n) is 28.6. The predicted molar refractivity (Wildman–Crippen MR) is 241 cm³/mol. The van der Waals surface area contributed by atoms with Crippen molar-refractivity contribution in [1.29, 1.82) is 0 Å². The zero-order valence-corrected chi connectivity index (χ0v) is 41.3. The van der Waals surface area contributed by atoms with Gasteiger partial charge >= 0.3 is 0 Å². The van der Waals surface area contributed by atoms with Gasteiger partial charge in [0.2, 0.25) is 0 Å². The molecule has 8 heteroatoms. The van der Waals surface area contributed by atoms with E-state index in [2.05, 4.69) is 200 Å². The lowest BCUT2D eigenvalue weighted by atomic mass is 9.26. The first-order valence-corrected chi connectivity index (χ1v) is 24.8. The average Bonchev–Trinajstić information content (AvgIpc) is 3.02. The van der Waals surface area contributed by atoms with Crippen molar-refractivity contribution in [2.24, 2.45) is 22.7 Å². The minimum absolute atomic E-state index is 0.141. The van der Waals surface area contributed by atoms with E-state index in [1.165, 1.54) is 113 Å². The largest absolute Gasteiger partial charge is 0.0508 e. The Morgan fingerprint density at radius 1 is 0.288 bits per heavy atom. The summed E-state index contributed by atoms with van der Waals surface area (Å²) in [5.41, 5.74) is 7.23. The van der Waals surface area contributed by atoms with Crippen LogP contribution in [0.15, 0.2) is 109 Å². The molecule has 270 valence electrons. The fraction of sp³-hybridized carbons (Fsp3) is 0.455. The molecule has 0 N–H and O–H groups in total. The van der Waals surface area contributed by atoms with Crippen molar-refractivity contribution in [2.45, 2.75) is 98.7 Å². The Hall–Kier alpha value is 0.720. The molecule has 0 heterocycles. The van der Waals surface area contributed by atoms with Gasteiger partial charge in [-0.3, -0.25) is 0 Å². The van der Waals surface area contributed by atoms with Gasteiger partial charge in [0.05, 0.1) is 0 Å². The Kier molecular flexibility index (Phi) is 8.98. The normalized spacial score (nSPS) is 38.3. The standard InChI is InChI=1S/C44H38Br8/c45-31-1-27(2-32(46)9-31)39-13-25-14-40(19-39,28-3-33(47)10-34(48)4-28)22-43(17-25,21-39)44-18-26-15-41(23-44,29-5-35(49)11-36(50)6-29)20-42(16-26,24-44)30-7-37(51)12-38(52)8-30/h1-12,25-26H,13-24H2. The molecule has 52 heavy (non-hydrogen) atoms. The van der Waals surface area contributed by atoms with E-state index in [4.69, 9.17) is 0 Å². The van der Waals surface area contributed by atoms with E-state index in [1.807, 2.05) is 0 Å². The summed E-state index contributed by atoms with van der Waals surface area (Å²) in [6.07, 6.45) is 15.7. The van der Waals surface area contributed by atoms with Crippen LogP contribution in [0.5, 0.6) is 0 Å². The first-order valence-electron chi connectivity index (χ1n) is 18.5. The van der Waals surface area contributed by atoms with E-state index >= 15 is 0 Å². The molecular weight excluding hydrogens is 1170 g/mol. The second kappa shape index (κ2) is 12.6. The maximum absolute atomic E-state index is 3.95. The van der Waals surface area contributed by atoms with Crippen molar-refractivity contribution in [3.05, 3.63) is 131 Å². The van der Waals surface area contributed by atoms with Crippen LogP contribution in [-0.2, 0) is 21.7 Å². The number of hydrogen-bond donors (Lipinski definition) is 0. The maximum Gasteiger partial charge on any atom is 0.0189 e. The van der Waals surface area contributed by atoms with Gasteiger partial charge in [-0.25, -0.2) is 0 Å². The number of halogens is 8. The second-order valence-electron chi connectivity index (χ2n) is 18.3. The lowest BCUT2D eigenvalue weighted by Crippen LogP contribution is -2.70. The Morgan fingerprint density at radius 2 is 0.500 bits per heavy atom. The highest BCUT2D eigenvalue weighted by molar-refractivity contribution is 9.12. The first kappa shape index (κ1) is 37.0. The lowest BCUT2D eigenvalue weighted by molar-refractivity contribution is -0.224. The molecule has 0 radical (unpaired) electrons. The van der Waals surface area contributed by atoms with Gasteiger partial charge in [0.15, 0.2) is 0 Å². The van der Waals surface area contributed by atoms with Crippen LogP contribution in [0.2, 0.25) is 0 Å². The summed E-state index contributed by atoms with van der Waals surface area (Å²) >= 11 is 31.6. The minimum Gasteiger partial charge on any atom is -0.0508 e. The Labute approximate surface area is 375 Å². The van der Waals surface area contributed by atoms with E-state index in [0.717, 1.165) is 0 Å². The Balaban J connectivity index is 1.22. The van der Waals surface area contributed by atoms with Crippen molar-refractivity contribution in [1.82, 2.24) is 0 Å². The fourth-order valence-corrected chi connectivity index (χ4v) is 20.0. The molecule has 4 aromatic carbocycles. The first-order chi connectivity index (χ1) is 24.6. The van der Waals surface area contributed by atoms with Crippen molar-refractivity contribution >= 4 is 127 Å². The lowest BCUT2D eigenvalue weighted by Gasteiger charge is -2.77. The Bertz CT molecular complexity index is 1800. The second-order valence-corrected chi connectivity index (χ2v) is 25.7. The van der Waals surface area contributed by atoms with E-state index in [0.29, 0.717) is 11.8 Å². The van der Waals surface area contributed by atoms with Crippen LogP contribution in [0, 0.1) is 22.7 Å². The third-order valence-electron chi connectivity index (χ3n) is 15.2. The molecule has 8 fully saturated rings. The predicted octanol–water partition coefficient (Wildman–Crippen LogP) is 16.8. The van der Waals surface area contributed by atoms with Gasteiger partial charge in [0, 0.05) is 35.8 Å². The molecule has 0 saturated heterocycles. The van der Waals surface area contributed by atoms with E-state index in [-0.39, 0.29) is 32.5 Å². The third kappa shape index (κ3) is 5.75. The van der Waals surface area contributed by atoms with E-state index in [1.54, 1.807) is 22.3 Å². The molecule has 4 aromatic rings. The summed E-state index contributed by atoms with van der Waals surface area (Å²) in [6, 6.07) is 28.8. The van der Waals surface area contributed by atoms with Gasteiger partial charge in [-0.2, -0.15) is 0 Å². The molecule has 4 atom stereocenters. The molecule has 8 bridgehead atoms. The van der Waals surface area contributed by atoms with E-state index < -0.39 is 0 Å². The number of hydrogen-bond acceptors (Lipinski definition) is 0. The van der Waals surface area contributed by atoms with Crippen molar-refractivity contribution < 1.29 is 0 Å². The fourth-order valence-electron chi connectivity index (χ4n) is 14.8. The number of benzene rings is 4. The monoisotopic (exact) mass is 1200 g/mol. The summed E-state index contributed by atoms with van der Waals surface area (Å²) in [5.74, 6) is 1.43. The maximum atomic E-state index is 3.95. The van der Waals surface area contributed by atoms with Crippen LogP contribution in [0.1, 0.15) is 99.3 Å². The minimum atomic E-state index is 0.141. The van der Waals surface area contributed by atoms with Crippen LogP contribution in [0.3, 0.4) is 0 Å². The molecule has 0 aromatic heterocycles. The van der Waals surface area contributed by atoms with Gasteiger partial charge in [-0.05, 0) is 216 Å². The molecule has 0 aliphatic heterocycles. The zero-order chi connectivity index (χ0) is 36.1. The van der Waals surface area contributed by atoms with Crippen molar-refractivity contribution in [2.75, 3.05) is 0 Å². The van der Waals surface area contributed by atoms with Crippen LogP contribution in [-0.4, -0.2) is 0 Å². The van der Waals surface area contributed by atoms with Gasteiger partial charge in [-0.15, -0.1) is 0 Å². The SMILES string of the molecule is Brc1cc(Br)cc(C23CC4CC(c5cc(Br)cc(Br)c5)(C2)CC(C25CC6CC(c7cc(Br)cc(Br)c7)(CC(c7cc(Br)cc(Br)c7)(C6)C2)C5)(C4)C3)c1. The van der Waals surface area contributed by atoms with Gasteiger partial charge in [0.25, 0.3) is 0 Å². The molecule has 0 amide bonds. The number of rotatable bonds is 5. The highest BCUT2D eigenvalue weighted by Gasteiger charge is 2.75. The highest BCUT2D eigenvalue weighted by atomic mass is 79.9. The third-order valence-corrected chi connectivity index (χ3v) is 18.8.